The van der Waals surface area contributed by atoms with E-state index in [-0.39, 0.29) is 16.7 Å². The van der Waals surface area contributed by atoms with Gasteiger partial charge in [0.2, 0.25) is 0 Å². The lowest BCUT2D eigenvalue weighted by Gasteiger charge is -2.12. The van der Waals surface area contributed by atoms with Crippen molar-refractivity contribution in [3.05, 3.63) is 86.4 Å². The lowest BCUT2D eigenvalue weighted by molar-refractivity contribution is -0.123. The van der Waals surface area contributed by atoms with Gasteiger partial charge in [-0.3, -0.25) is 14.5 Å². The van der Waals surface area contributed by atoms with E-state index < -0.39 is 11.9 Å². The number of benzene rings is 2. The molecule has 1 saturated heterocycles. The number of rotatable bonds is 5. The van der Waals surface area contributed by atoms with Gasteiger partial charge in [0.05, 0.1) is 34.2 Å². The number of ether oxygens (including phenoxy) is 1. The summed E-state index contributed by atoms with van der Waals surface area (Å²) < 4.78 is 10.5. The van der Waals surface area contributed by atoms with Gasteiger partial charge in [-0.05, 0) is 53.7 Å². The molecule has 6 nitrogen and oxygen atoms in total. The Balaban J connectivity index is 1.50. The molecule has 0 spiro atoms. The molecule has 0 unspecified atom stereocenters. The van der Waals surface area contributed by atoms with Gasteiger partial charge >= 0.3 is 5.97 Å². The second-order valence-electron chi connectivity index (χ2n) is 6.79. The number of furan rings is 1. The van der Waals surface area contributed by atoms with Crippen molar-refractivity contribution in [2.75, 3.05) is 7.11 Å². The topological polar surface area (TPSA) is 76.8 Å². The molecule has 1 aliphatic rings. The fourth-order valence-corrected chi connectivity index (χ4v) is 4.20. The van der Waals surface area contributed by atoms with Crippen LogP contribution in [-0.2, 0) is 16.1 Å². The summed E-state index contributed by atoms with van der Waals surface area (Å²) in [6.07, 6.45) is 1.53. The smallest absolute Gasteiger partial charge is 0.337 e. The molecular weight excluding hydrogens is 473 g/mol. The molecule has 162 valence electrons. The van der Waals surface area contributed by atoms with Crippen LogP contribution in [-0.4, -0.2) is 29.1 Å². The fraction of sp³-hybridized carbons (Fsp3) is 0.0870. The number of amides is 2. The van der Waals surface area contributed by atoms with E-state index in [1.165, 1.54) is 13.2 Å². The predicted octanol–water partition coefficient (Wildman–Crippen LogP) is 6.28. The average Bonchev–Trinajstić information content (AvgIpc) is 3.36. The minimum atomic E-state index is -0.423. The van der Waals surface area contributed by atoms with E-state index in [9.17, 15) is 14.4 Å². The van der Waals surface area contributed by atoms with Crippen LogP contribution in [0, 0.1) is 0 Å². The number of esters is 1. The van der Waals surface area contributed by atoms with Crippen LogP contribution in [0.4, 0.5) is 4.79 Å². The van der Waals surface area contributed by atoms with Crippen LogP contribution < -0.4 is 0 Å². The lowest BCUT2D eigenvalue weighted by atomic mass is 10.1. The number of halogens is 2. The normalized spacial score (nSPS) is 15.0. The third-order valence-electron chi connectivity index (χ3n) is 4.69. The van der Waals surface area contributed by atoms with Crippen LogP contribution in [0.15, 0.2) is 63.9 Å². The Kier molecular flexibility index (Phi) is 6.41. The maximum absolute atomic E-state index is 12.8. The lowest BCUT2D eigenvalue weighted by Crippen LogP contribution is -2.27. The maximum Gasteiger partial charge on any atom is 0.337 e. The van der Waals surface area contributed by atoms with E-state index in [4.69, 9.17) is 27.6 Å². The van der Waals surface area contributed by atoms with Gasteiger partial charge in [-0.1, -0.05) is 41.4 Å². The van der Waals surface area contributed by atoms with Crippen molar-refractivity contribution in [1.82, 2.24) is 4.90 Å². The molecule has 0 bridgehead atoms. The van der Waals surface area contributed by atoms with Crippen molar-refractivity contribution in [1.29, 1.82) is 0 Å². The first-order valence-corrected chi connectivity index (χ1v) is 10.9. The van der Waals surface area contributed by atoms with Crippen molar-refractivity contribution in [2.24, 2.45) is 0 Å². The molecule has 1 aliphatic heterocycles. The average molecular weight is 488 g/mol. The molecule has 3 aromatic rings. The zero-order chi connectivity index (χ0) is 22.8. The molecule has 4 rings (SSSR count). The van der Waals surface area contributed by atoms with Crippen LogP contribution >= 0.6 is 35.0 Å². The number of hydrogen-bond acceptors (Lipinski definition) is 6. The minimum absolute atomic E-state index is 0.0921. The molecule has 0 atom stereocenters. The zero-order valence-electron chi connectivity index (χ0n) is 16.6. The van der Waals surface area contributed by atoms with Gasteiger partial charge in [-0.15, -0.1) is 0 Å². The molecule has 2 aromatic carbocycles. The first-order valence-electron chi connectivity index (χ1n) is 9.33. The van der Waals surface area contributed by atoms with Crippen molar-refractivity contribution >= 4 is 58.2 Å². The van der Waals surface area contributed by atoms with Gasteiger partial charge in [0.15, 0.2) is 0 Å². The van der Waals surface area contributed by atoms with Crippen molar-refractivity contribution in [3.8, 4) is 11.3 Å². The van der Waals surface area contributed by atoms with Crippen LogP contribution in [0.5, 0.6) is 0 Å². The standard InChI is InChI=1S/C23H15Cl2NO5S/c1-30-22(28)15-5-3-14(4-6-15)19-9-7-16(31-19)11-20-21(27)26(23(29)32-20)12-13-2-8-17(24)18(25)10-13/h2-11H,12H2,1H3/b20-11-. The molecule has 0 radical (unpaired) electrons. The molecule has 2 heterocycles. The Bertz CT molecular complexity index is 1250. The van der Waals surface area contributed by atoms with Crippen LogP contribution in [0.2, 0.25) is 10.0 Å². The summed E-state index contributed by atoms with van der Waals surface area (Å²) in [5.41, 5.74) is 1.88. The Morgan fingerprint density at radius 1 is 1.06 bits per heavy atom. The number of methoxy groups -OCH3 is 1. The van der Waals surface area contributed by atoms with Gasteiger partial charge in [-0.25, -0.2) is 4.79 Å². The van der Waals surface area contributed by atoms with Crippen molar-refractivity contribution in [3.63, 3.8) is 0 Å². The predicted molar refractivity (Wildman–Crippen MR) is 123 cm³/mol. The van der Waals surface area contributed by atoms with E-state index in [1.54, 1.807) is 54.6 Å². The van der Waals surface area contributed by atoms with Gasteiger partial charge in [0.1, 0.15) is 11.5 Å². The second-order valence-corrected chi connectivity index (χ2v) is 8.59. The third-order valence-corrected chi connectivity index (χ3v) is 6.34. The summed E-state index contributed by atoms with van der Waals surface area (Å²) in [5.74, 6) is 0.152. The van der Waals surface area contributed by atoms with Crippen molar-refractivity contribution < 1.29 is 23.5 Å². The second kappa shape index (κ2) is 9.24. The van der Waals surface area contributed by atoms with Crippen LogP contribution in [0.1, 0.15) is 21.7 Å². The number of thioether (sulfide) groups is 1. The van der Waals surface area contributed by atoms with Gasteiger partial charge < -0.3 is 9.15 Å². The quantitative estimate of drug-likeness (QED) is 0.311. The molecule has 32 heavy (non-hydrogen) atoms. The monoisotopic (exact) mass is 487 g/mol. The Morgan fingerprint density at radius 2 is 1.81 bits per heavy atom. The van der Waals surface area contributed by atoms with Gasteiger partial charge in [0.25, 0.3) is 11.1 Å². The number of nitrogens with zero attached hydrogens (tertiary/aromatic N) is 1. The zero-order valence-corrected chi connectivity index (χ0v) is 19.0. The molecule has 0 aliphatic carbocycles. The highest BCUT2D eigenvalue weighted by molar-refractivity contribution is 8.18. The number of carbonyl (C=O) groups is 3. The van der Waals surface area contributed by atoms with Crippen LogP contribution in [0.25, 0.3) is 17.4 Å². The molecule has 1 aromatic heterocycles. The highest BCUT2D eigenvalue weighted by Gasteiger charge is 2.35. The van der Waals surface area contributed by atoms with Gasteiger partial charge in [-0.2, -0.15) is 0 Å². The largest absolute Gasteiger partial charge is 0.465 e. The molecule has 9 heteroatoms. The highest BCUT2D eigenvalue weighted by atomic mass is 35.5. The fourth-order valence-electron chi connectivity index (χ4n) is 3.06. The number of hydrogen-bond donors (Lipinski definition) is 0. The molecular formula is C23H15Cl2NO5S. The minimum Gasteiger partial charge on any atom is -0.465 e. The van der Waals surface area contributed by atoms with E-state index in [1.807, 2.05) is 0 Å². The Labute approximate surface area is 197 Å². The van der Waals surface area contributed by atoms with Gasteiger partial charge in [0, 0.05) is 11.6 Å². The molecule has 2 amide bonds. The maximum atomic E-state index is 12.8. The molecule has 0 saturated carbocycles. The molecule has 1 fully saturated rings. The number of imide groups is 1. The van der Waals surface area contributed by atoms with E-state index in [0.717, 1.165) is 22.2 Å². The molecule has 0 N–H and O–H groups in total. The first-order chi connectivity index (χ1) is 15.4. The summed E-state index contributed by atoms with van der Waals surface area (Å²) in [7, 11) is 1.32. The Hall–Kier alpha value is -3.00. The third kappa shape index (κ3) is 4.60. The highest BCUT2D eigenvalue weighted by Crippen LogP contribution is 2.35. The summed E-state index contributed by atoms with van der Waals surface area (Å²) >= 11 is 12.8. The van der Waals surface area contributed by atoms with Crippen molar-refractivity contribution in [2.45, 2.75) is 6.54 Å². The van der Waals surface area contributed by atoms with E-state index in [0.29, 0.717) is 32.7 Å². The summed E-state index contributed by atoms with van der Waals surface area (Å²) in [6, 6.07) is 15.2. The first kappa shape index (κ1) is 22.2. The summed E-state index contributed by atoms with van der Waals surface area (Å²) in [6.45, 7) is 0.0921. The summed E-state index contributed by atoms with van der Waals surface area (Å²) in [5, 5.41) is 0.380. The van der Waals surface area contributed by atoms with E-state index >= 15 is 0 Å². The summed E-state index contributed by atoms with van der Waals surface area (Å²) in [4.78, 5) is 38.1. The SMILES string of the molecule is COC(=O)c1ccc(-c2ccc(/C=C3\SC(=O)N(Cc4ccc(Cl)c(Cl)c4)C3=O)o2)cc1. The number of carbonyl (C=O) groups excluding carboxylic acids is 3. The van der Waals surface area contributed by atoms with E-state index in [2.05, 4.69) is 4.74 Å². The van der Waals surface area contributed by atoms with Crippen LogP contribution in [0.3, 0.4) is 0 Å². The Morgan fingerprint density at radius 3 is 2.50 bits per heavy atom.